The summed E-state index contributed by atoms with van der Waals surface area (Å²) in [7, 11) is 1.61. The second-order valence-electron chi connectivity index (χ2n) is 14.2. The molecule has 5 fully saturated rings. The first kappa shape index (κ1) is 32.9. The van der Waals surface area contributed by atoms with Crippen LogP contribution in [-0.2, 0) is 32.1 Å². The van der Waals surface area contributed by atoms with Gasteiger partial charge in [-0.2, -0.15) is 0 Å². The molecule has 1 saturated carbocycles. The smallest absolute Gasteiger partial charge is 0.242 e. The summed E-state index contributed by atoms with van der Waals surface area (Å²) in [5, 5.41) is 36.2. The largest absolute Gasteiger partial charge is 0.497 e. The zero-order chi connectivity index (χ0) is 33.4. The predicted molar refractivity (Wildman–Crippen MR) is 171 cm³/mol. The minimum atomic E-state index is -1.27. The number of rotatable bonds is 6. The standard InChI is InChI=1S/C34H47N7O7/c1-47-25-9-5-8-21(11-25)16-39-17-22-12-27(39)34(46)40-19-24(41-18-23(37-38-41)10-20-6-3-2-4-7-20)13-26(40)33(45)35-15-29-32(44)31(43)28(48-29)14-30(42)36-22/h5,8-9,11,18,20,22,24,26-29,31-32,43-44H,2-4,6-7,10,12-17,19H2,1H3,(H,35,45)(H,36,42)/t22-,24+,26+,27+,28+,29-,31+,32-/m1/s1. The summed E-state index contributed by atoms with van der Waals surface area (Å²) in [5.74, 6) is 0.440. The molecule has 0 radical (unpaired) electrons. The third kappa shape index (κ3) is 6.93. The van der Waals surface area contributed by atoms with E-state index in [4.69, 9.17) is 9.47 Å². The van der Waals surface area contributed by atoms with E-state index >= 15 is 0 Å². The molecule has 4 bridgehead atoms. The monoisotopic (exact) mass is 665 g/mol. The van der Waals surface area contributed by atoms with E-state index in [0.717, 1.165) is 17.7 Å². The molecule has 1 aromatic carbocycles. The number of nitrogens with one attached hydrogen (secondary N) is 2. The van der Waals surface area contributed by atoms with Gasteiger partial charge in [-0.3, -0.25) is 19.3 Å². The summed E-state index contributed by atoms with van der Waals surface area (Å²) in [4.78, 5) is 45.3. The summed E-state index contributed by atoms with van der Waals surface area (Å²) in [6, 6.07) is 5.70. The first-order valence-electron chi connectivity index (χ1n) is 17.4. The number of likely N-dealkylation sites (tertiary alicyclic amines) is 1. The number of carbonyl (C=O) groups excluding carboxylic acids is 3. The highest BCUT2D eigenvalue weighted by atomic mass is 16.5. The van der Waals surface area contributed by atoms with Crippen LogP contribution < -0.4 is 15.4 Å². The zero-order valence-corrected chi connectivity index (χ0v) is 27.4. The van der Waals surface area contributed by atoms with Crippen molar-refractivity contribution in [3.05, 3.63) is 41.7 Å². The van der Waals surface area contributed by atoms with Gasteiger partial charge in [0.05, 0.1) is 37.4 Å². The summed E-state index contributed by atoms with van der Waals surface area (Å²) in [5.41, 5.74) is 1.89. The fraction of sp³-hybridized carbons (Fsp3) is 0.676. The van der Waals surface area contributed by atoms with E-state index in [9.17, 15) is 24.6 Å². The fourth-order valence-electron chi connectivity index (χ4n) is 8.36. The van der Waals surface area contributed by atoms with Crippen LogP contribution in [0.25, 0.3) is 0 Å². The molecule has 4 aliphatic heterocycles. The number of methoxy groups -OCH3 is 1. The number of aliphatic hydroxyl groups is 2. The quantitative estimate of drug-likeness (QED) is 0.337. The molecule has 5 heterocycles. The van der Waals surface area contributed by atoms with Crippen molar-refractivity contribution < 1.29 is 34.1 Å². The molecular formula is C34H47N7O7. The minimum Gasteiger partial charge on any atom is -0.497 e. The van der Waals surface area contributed by atoms with Crippen LogP contribution in [0.15, 0.2) is 30.5 Å². The molecule has 5 aliphatic rings. The van der Waals surface area contributed by atoms with E-state index in [2.05, 4.69) is 25.8 Å². The summed E-state index contributed by atoms with van der Waals surface area (Å²) in [6.45, 7) is 1.08. The Balaban J connectivity index is 1.16. The SMILES string of the molecule is COc1cccc(CN2C[C@H]3C[C@H]2C(=O)N2C[C@@H](n4cc(CC5CCCCC5)nn4)C[C@H]2C(=O)NC[C@H]2O[C@@H](CC(=O)N3)[C@H](O)[C@@H]2O)c1. The van der Waals surface area contributed by atoms with Crippen molar-refractivity contribution in [2.45, 2.75) is 113 Å². The minimum absolute atomic E-state index is 0.0682. The third-order valence-corrected chi connectivity index (χ3v) is 10.9. The molecule has 260 valence electrons. The number of ether oxygens (including phenoxy) is 2. The second kappa shape index (κ2) is 14.1. The molecule has 0 unspecified atom stereocenters. The van der Waals surface area contributed by atoms with Crippen molar-refractivity contribution in [3.8, 4) is 5.75 Å². The van der Waals surface area contributed by atoms with Gasteiger partial charge >= 0.3 is 0 Å². The van der Waals surface area contributed by atoms with Crippen molar-refractivity contribution in [2.75, 3.05) is 26.7 Å². The van der Waals surface area contributed by atoms with Crippen LogP contribution in [0.4, 0.5) is 0 Å². The van der Waals surface area contributed by atoms with Gasteiger partial charge in [0.15, 0.2) is 0 Å². The normalized spacial score (nSPS) is 33.6. The number of aromatic nitrogens is 3. The summed E-state index contributed by atoms with van der Waals surface area (Å²) >= 11 is 0. The van der Waals surface area contributed by atoms with Gasteiger partial charge in [-0.15, -0.1) is 5.10 Å². The maximum absolute atomic E-state index is 14.6. The third-order valence-electron chi connectivity index (χ3n) is 10.9. The van der Waals surface area contributed by atoms with Crippen LogP contribution in [0, 0.1) is 5.92 Å². The van der Waals surface area contributed by atoms with Crippen molar-refractivity contribution >= 4 is 17.7 Å². The van der Waals surface area contributed by atoms with E-state index in [1.54, 1.807) is 16.7 Å². The molecule has 14 heteroatoms. The first-order valence-corrected chi connectivity index (χ1v) is 17.4. The Hall–Kier alpha value is -3.59. The number of amides is 3. The van der Waals surface area contributed by atoms with Crippen LogP contribution >= 0.6 is 0 Å². The van der Waals surface area contributed by atoms with Crippen LogP contribution in [0.3, 0.4) is 0 Å². The van der Waals surface area contributed by atoms with Gasteiger partial charge in [-0.1, -0.05) is 49.5 Å². The number of nitrogens with zero attached hydrogens (tertiary/aromatic N) is 5. The highest BCUT2D eigenvalue weighted by Gasteiger charge is 2.49. The van der Waals surface area contributed by atoms with E-state index in [-0.39, 0.29) is 49.3 Å². The number of aliphatic hydroxyl groups excluding tert-OH is 2. The van der Waals surface area contributed by atoms with Gasteiger partial charge in [0.25, 0.3) is 0 Å². The lowest BCUT2D eigenvalue weighted by atomic mass is 9.86. The highest BCUT2D eigenvalue weighted by molar-refractivity contribution is 5.91. The molecule has 3 amide bonds. The molecule has 8 atom stereocenters. The Morgan fingerprint density at radius 2 is 1.83 bits per heavy atom. The Morgan fingerprint density at radius 3 is 2.65 bits per heavy atom. The van der Waals surface area contributed by atoms with Gasteiger partial charge in [-0.25, -0.2) is 4.68 Å². The Kier molecular flexibility index (Phi) is 9.67. The van der Waals surface area contributed by atoms with Crippen LogP contribution in [0.2, 0.25) is 0 Å². The molecule has 4 saturated heterocycles. The molecular weight excluding hydrogens is 618 g/mol. The number of benzene rings is 1. The molecule has 0 spiro atoms. The lowest BCUT2D eigenvalue weighted by molar-refractivity contribution is -0.142. The van der Waals surface area contributed by atoms with Crippen molar-refractivity contribution in [3.63, 3.8) is 0 Å². The number of hydrogen-bond acceptors (Lipinski definition) is 10. The summed E-state index contributed by atoms with van der Waals surface area (Å²) in [6.07, 6.45) is 5.26. The molecule has 14 nitrogen and oxygen atoms in total. The lowest BCUT2D eigenvalue weighted by Gasteiger charge is -2.31. The van der Waals surface area contributed by atoms with E-state index in [1.165, 1.54) is 32.1 Å². The van der Waals surface area contributed by atoms with Gasteiger partial charge in [-0.05, 0) is 36.5 Å². The van der Waals surface area contributed by atoms with E-state index in [1.807, 2.05) is 30.5 Å². The molecule has 7 rings (SSSR count). The van der Waals surface area contributed by atoms with Gasteiger partial charge in [0, 0.05) is 44.8 Å². The fourth-order valence-corrected chi connectivity index (χ4v) is 8.36. The van der Waals surface area contributed by atoms with Crippen molar-refractivity contribution in [1.82, 2.24) is 35.4 Å². The van der Waals surface area contributed by atoms with E-state index < -0.39 is 36.5 Å². The molecule has 2 aromatic rings. The van der Waals surface area contributed by atoms with Crippen LogP contribution in [-0.4, -0.2) is 122 Å². The van der Waals surface area contributed by atoms with Gasteiger partial charge < -0.3 is 35.2 Å². The average molecular weight is 666 g/mol. The molecule has 1 aromatic heterocycles. The Bertz CT molecular complexity index is 1480. The number of fused-ring (bicyclic) bond motifs is 5. The van der Waals surface area contributed by atoms with Crippen molar-refractivity contribution in [1.29, 1.82) is 0 Å². The van der Waals surface area contributed by atoms with Gasteiger partial charge in [0.1, 0.15) is 30.1 Å². The van der Waals surface area contributed by atoms with Crippen LogP contribution in [0.5, 0.6) is 5.75 Å². The maximum Gasteiger partial charge on any atom is 0.242 e. The first-order chi connectivity index (χ1) is 23.2. The average Bonchev–Trinajstić information content (AvgIpc) is 3.88. The Labute approximate surface area is 280 Å². The number of hydrogen-bond donors (Lipinski definition) is 4. The molecule has 1 aliphatic carbocycles. The predicted octanol–water partition coefficient (Wildman–Crippen LogP) is 0.320. The summed E-state index contributed by atoms with van der Waals surface area (Å²) < 4.78 is 13.1. The second-order valence-corrected chi connectivity index (χ2v) is 14.2. The molecule has 48 heavy (non-hydrogen) atoms. The van der Waals surface area contributed by atoms with Gasteiger partial charge in [0.2, 0.25) is 17.7 Å². The van der Waals surface area contributed by atoms with Crippen molar-refractivity contribution in [2.24, 2.45) is 5.92 Å². The number of carbonyl (C=O) groups is 3. The van der Waals surface area contributed by atoms with Crippen LogP contribution in [0.1, 0.15) is 68.7 Å². The topological polar surface area (TPSA) is 171 Å². The molecule has 4 N–H and O–H groups in total. The highest BCUT2D eigenvalue weighted by Crippen LogP contribution is 2.33. The zero-order valence-electron chi connectivity index (χ0n) is 27.4. The lowest BCUT2D eigenvalue weighted by Crippen LogP contribution is -2.53. The Morgan fingerprint density at radius 1 is 1.02 bits per heavy atom. The van der Waals surface area contributed by atoms with E-state index in [0.29, 0.717) is 37.6 Å². The maximum atomic E-state index is 14.6.